The number of allylic oxidation sites excluding steroid dienone is 1. The molecule has 3 saturated heterocycles. The molecule has 3 fully saturated rings. The van der Waals surface area contributed by atoms with E-state index in [9.17, 15) is 61.0 Å². The van der Waals surface area contributed by atoms with Gasteiger partial charge in [-0.05, 0) is 19.3 Å². The molecule has 17 atom stereocenters. The van der Waals surface area contributed by atoms with Crippen LogP contribution in [0.5, 0.6) is 0 Å². The topological polar surface area (TPSA) is 307 Å². The van der Waals surface area contributed by atoms with Crippen LogP contribution in [-0.4, -0.2) is 193 Å². The average molecular weight is 1350 g/mol. The smallest absolute Gasteiger partial charge is 0.220 e. The number of nitrogens with one attached hydrogen (secondary N) is 1. The molecule has 0 aromatic carbocycles. The van der Waals surface area contributed by atoms with E-state index in [1.807, 2.05) is 6.08 Å². The summed E-state index contributed by atoms with van der Waals surface area (Å²) in [6.07, 6.45) is 39.2. The Bertz CT molecular complexity index is 1750. The highest BCUT2D eigenvalue weighted by Gasteiger charge is 2.53. The van der Waals surface area contributed by atoms with Gasteiger partial charge in [-0.15, -0.1) is 0 Å². The van der Waals surface area contributed by atoms with Crippen molar-refractivity contribution in [3.63, 3.8) is 0 Å². The van der Waals surface area contributed by atoms with E-state index in [0.29, 0.717) is 6.42 Å². The maximum atomic E-state index is 13.5. The lowest BCUT2D eigenvalue weighted by molar-refractivity contribution is -0.379. The molecule has 19 nitrogen and oxygen atoms in total. The molecule has 556 valence electrons. The van der Waals surface area contributed by atoms with Crippen molar-refractivity contribution in [1.29, 1.82) is 0 Å². The summed E-state index contributed by atoms with van der Waals surface area (Å²) in [5, 5.41) is 121. The summed E-state index contributed by atoms with van der Waals surface area (Å²) in [6, 6.07) is -0.969. The summed E-state index contributed by atoms with van der Waals surface area (Å²) in [4.78, 5) is 13.5. The highest BCUT2D eigenvalue weighted by atomic mass is 16.8. The van der Waals surface area contributed by atoms with Crippen LogP contribution in [0.15, 0.2) is 12.2 Å². The van der Waals surface area contributed by atoms with E-state index < -0.39 is 124 Å². The number of ether oxygens (including phenoxy) is 6. The molecule has 3 rings (SSSR count). The van der Waals surface area contributed by atoms with Gasteiger partial charge in [-0.1, -0.05) is 315 Å². The lowest BCUT2D eigenvalue weighted by Crippen LogP contribution is -2.66. The zero-order valence-corrected chi connectivity index (χ0v) is 59.2. The third-order valence-electron chi connectivity index (χ3n) is 19.8. The second-order valence-corrected chi connectivity index (χ2v) is 28.2. The average Bonchev–Trinajstić information content (AvgIpc) is 0.787. The Kier molecular flexibility index (Phi) is 52.8. The second-order valence-electron chi connectivity index (χ2n) is 28.2. The van der Waals surface area contributed by atoms with Crippen molar-refractivity contribution in [2.45, 2.75) is 433 Å². The molecular weight excluding hydrogens is 1200 g/mol. The summed E-state index contributed by atoms with van der Waals surface area (Å²) in [5.74, 6) is -0.267. The van der Waals surface area contributed by atoms with Crippen LogP contribution >= 0.6 is 0 Å². The molecule has 3 aliphatic rings. The molecule has 0 aromatic rings. The first-order chi connectivity index (χ1) is 45.8. The molecule has 3 heterocycles. The Morgan fingerprint density at radius 3 is 1.00 bits per heavy atom. The standard InChI is InChI=1S/C75H143NO18/c1-3-5-7-9-11-13-15-17-19-21-23-24-25-26-27-28-29-30-31-32-33-35-37-39-41-43-45-47-49-51-53-63(81)76-58(59(80)52-50-48-46-44-42-40-38-36-34-22-20-18-16-14-12-10-8-6-4-2)57-89-73-69(87)66(84)71(61(55-78)91-73)94-75-70(88)67(85)72(62(56-79)92-75)93-74-68(86)65(83)64(82)60(54-77)90-74/h50,52,58-62,64-75,77-80,82-88H,3-49,51,53-57H2,1-2H3,(H,76,81)/b52-50+. The molecule has 12 N–H and O–H groups in total. The zero-order valence-electron chi connectivity index (χ0n) is 59.2. The fourth-order valence-electron chi connectivity index (χ4n) is 13.5. The molecule has 0 aliphatic carbocycles. The molecule has 0 aromatic heterocycles. The molecule has 94 heavy (non-hydrogen) atoms. The van der Waals surface area contributed by atoms with Crippen LogP contribution in [-0.2, 0) is 33.2 Å². The summed E-state index contributed by atoms with van der Waals surface area (Å²) in [5.41, 5.74) is 0. The summed E-state index contributed by atoms with van der Waals surface area (Å²) >= 11 is 0. The van der Waals surface area contributed by atoms with Gasteiger partial charge < -0.3 is 89.9 Å². The Morgan fingerprint density at radius 1 is 0.372 bits per heavy atom. The number of amides is 1. The largest absolute Gasteiger partial charge is 0.394 e. The van der Waals surface area contributed by atoms with E-state index in [-0.39, 0.29) is 18.9 Å². The summed E-state index contributed by atoms with van der Waals surface area (Å²) < 4.78 is 34.4. The molecule has 0 saturated carbocycles. The normalized spacial score (nSPS) is 27.4. The van der Waals surface area contributed by atoms with Crippen molar-refractivity contribution in [2.24, 2.45) is 0 Å². The molecule has 0 spiro atoms. The second kappa shape index (κ2) is 57.2. The number of hydrogen-bond donors (Lipinski definition) is 12. The van der Waals surface area contributed by atoms with Gasteiger partial charge in [0, 0.05) is 6.42 Å². The van der Waals surface area contributed by atoms with E-state index in [0.717, 1.165) is 44.9 Å². The van der Waals surface area contributed by atoms with Gasteiger partial charge in [0.1, 0.15) is 73.2 Å². The highest BCUT2D eigenvalue weighted by Crippen LogP contribution is 2.33. The highest BCUT2D eigenvalue weighted by molar-refractivity contribution is 5.76. The minimum atomic E-state index is -1.98. The molecule has 17 unspecified atom stereocenters. The van der Waals surface area contributed by atoms with E-state index in [4.69, 9.17) is 28.4 Å². The van der Waals surface area contributed by atoms with Crippen LogP contribution in [0.3, 0.4) is 0 Å². The molecule has 0 bridgehead atoms. The van der Waals surface area contributed by atoms with Crippen LogP contribution in [0, 0.1) is 0 Å². The number of aliphatic hydroxyl groups is 11. The predicted molar refractivity (Wildman–Crippen MR) is 370 cm³/mol. The number of carbonyl (C=O) groups is 1. The minimum Gasteiger partial charge on any atom is -0.394 e. The Morgan fingerprint density at radius 2 is 0.660 bits per heavy atom. The molecule has 19 heteroatoms. The number of rotatable bonds is 62. The lowest BCUT2D eigenvalue weighted by Gasteiger charge is -2.48. The predicted octanol–water partition coefficient (Wildman–Crippen LogP) is 12.0. The first-order valence-electron chi connectivity index (χ1n) is 38.9. The molecule has 1 amide bonds. The zero-order chi connectivity index (χ0) is 68.2. The van der Waals surface area contributed by atoms with Crippen molar-refractivity contribution in [3.8, 4) is 0 Å². The van der Waals surface area contributed by atoms with Gasteiger partial charge in [0.2, 0.25) is 5.91 Å². The van der Waals surface area contributed by atoms with Gasteiger partial charge in [0.25, 0.3) is 0 Å². The first-order valence-corrected chi connectivity index (χ1v) is 38.9. The van der Waals surface area contributed by atoms with Crippen LogP contribution < -0.4 is 5.32 Å². The SMILES string of the molecule is CCCCCCCCCCCCCCCCCCC/C=C/C(O)C(COC1OC(CO)C(OC2OC(CO)C(OC3OC(CO)C(O)C(O)C3O)C(O)C2O)C(O)C1O)NC(=O)CCCCCCCCCCCCCCCCCCCCCCCCCCCCCCCC. The fourth-order valence-corrected chi connectivity index (χ4v) is 13.5. The van der Waals surface area contributed by atoms with Crippen LogP contribution in [0.25, 0.3) is 0 Å². The van der Waals surface area contributed by atoms with Crippen molar-refractivity contribution in [1.82, 2.24) is 5.32 Å². The summed E-state index contributed by atoms with van der Waals surface area (Å²) in [7, 11) is 0. The van der Waals surface area contributed by atoms with E-state index in [1.165, 1.54) is 257 Å². The van der Waals surface area contributed by atoms with Crippen LogP contribution in [0.1, 0.15) is 328 Å². The number of aliphatic hydroxyl groups excluding tert-OH is 11. The van der Waals surface area contributed by atoms with E-state index in [2.05, 4.69) is 19.2 Å². The quantitative estimate of drug-likeness (QED) is 0.0199. The monoisotopic (exact) mass is 1350 g/mol. The van der Waals surface area contributed by atoms with Crippen molar-refractivity contribution in [3.05, 3.63) is 12.2 Å². The van der Waals surface area contributed by atoms with Gasteiger partial charge >= 0.3 is 0 Å². The van der Waals surface area contributed by atoms with Crippen LogP contribution in [0.2, 0.25) is 0 Å². The maximum absolute atomic E-state index is 13.5. The van der Waals surface area contributed by atoms with E-state index >= 15 is 0 Å². The van der Waals surface area contributed by atoms with Gasteiger partial charge in [0.15, 0.2) is 18.9 Å². The number of carbonyl (C=O) groups excluding carboxylic acids is 1. The molecular formula is C75H143NO18. The number of unbranched alkanes of at least 4 members (excludes halogenated alkanes) is 46. The third kappa shape index (κ3) is 37.8. The van der Waals surface area contributed by atoms with Crippen molar-refractivity contribution >= 4 is 5.91 Å². The molecule has 0 radical (unpaired) electrons. The van der Waals surface area contributed by atoms with Gasteiger partial charge in [-0.25, -0.2) is 0 Å². The Hall–Kier alpha value is -1.47. The lowest BCUT2D eigenvalue weighted by atomic mass is 9.96. The fraction of sp³-hybridized carbons (Fsp3) is 0.960. The van der Waals surface area contributed by atoms with Crippen molar-refractivity contribution < 1.29 is 89.4 Å². The Balaban J connectivity index is 1.37. The van der Waals surface area contributed by atoms with Crippen LogP contribution in [0.4, 0.5) is 0 Å². The maximum Gasteiger partial charge on any atom is 0.220 e. The van der Waals surface area contributed by atoms with Gasteiger partial charge in [-0.3, -0.25) is 4.79 Å². The minimum absolute atomic E-state index is 0.250. The molecule has 3 aliphatic heterocycles. The summed E-state index contributed by atoms with van der Waals surface area (Å²) in [6.45, 7) is 1.79. The third-order valence-corrected chi connectivity index (χ3v) is 19.8. The van der Waals surface area contributed by atoms with Gasteiger partial charge in [-0.2, -0.15) is 0 Å². The van der Waals surface area contributed by atoms with Gasteiger partial charge in [0.05, 0.1) is 38.6 Å². The van der Waals surface area contributed by atoms with E-state index in [1.54, 1.807) is 6.08 Å². The Labute approximate surface area is 569 Å². The first kappa shape index (κ1) is 86.8. The number of hydrogen-bond acceptors (Lipinski definition) is 18. The van der Waals surface area contributed by atoms with Crippen molar-refractivity contribution in [2.75, 3.05) is 26.4 Å².